The number of nitrogens with zero attached hydrogens (tertiary/aromatic N) is 4. The second kappa shape index (κ2) is 8.62. The molecule has 2 aliphatic heterocycles. The number of rotatable bonds is 5. The molecular formula is C24H24N4O3. The van der Waals surface area contributed by atoms with Crippen LogP contribution in [0.25, 0.3) is 5.57 Å². The van der Waals surface area contributed by atoms with Gasteiger partial charge in [0.1, 0.15) is 11.4 Å². The molecule has 2 aromatic rings. The first-order valence-electron chi connectivity index (χ1n) is 10.3. The van der Waals surface area contributed by atoms with Gasteiger partial charge in [0.15, 0.2) is 0 Å². The molecule has 1 fully saturated rings. The first kappa shape index (κ1) is 20.6. The zero-order chi connectivity index (χ0) is 22.0. The molecule has 0 aliphatic carbocycles. The van der Waals surface area contributed by atoms with Crippen LogP contribution in [-0.2, 0) is 9.59 Å². The van der Waals surface area contributed by atoms with Crippen molar-refractivity contribution in [3.63, 3.8) is 0 Å². The third-order valence-electron chi connectivity index (χ3n) is 5.83. The summed E-state index contributed by atoms with van der Waals surface area (Å²) < 4.78 is 5.50. The smallest absolute Gasteiger partial charge is 0.282 e. The minimum Gasteiger partial charge on any atom is -0.496 e. The summed E-state index contributed by atoms with van der Waals surface area (Å²) in [6.07, 6.45) is 0. The summed E-state index contributed by atoms with van der Waals surface area (Å²) in [7, 11) is 1.55. The van der Waals surface area contributed by atoms with Crippen molar-refractivity contribution in [1.29, 1.82) is 5.26 Å². The van der Waals surface area contributed by atoms with E-state index in [0.717, 1.165) is 19.6 Å². The van der Waals surface area contributed by atoms with Crippen molar-refractivity contribution in [2.45, 2.75) is 6.92 Å². The van der Waals surface area contributed by atoms with E-state index in [2.05, 4.69) is 17.9 Å². The van der Waals surface area contributed by atoms with Gasteiger partial charge in [0.25, 0.3) is 11.8 Å². The Bertz CT molecular complexity index is 1080. The number of anilines is 1. The third kappa shape index (κ3) is 3.66. The van der Waals surface area contributed by atoms with Gasteiger partial charge < -0.3 is 14.5 Å². The highest BCUT2D eigenvalue weighted by molar-refractivity contribution is 6.45. The van der Waals surface area contributed by atoms with Crippen molar-refractivity contribution >= 4 is 23.1 Å². The van der Waals surface area contributed by atoms with Crippen LogP contribution in [-0.4, -0.2) is 61.4 Å². The van der Waals surface area contributed by atoms with E-state index < -0.39 is 0 Å². The van der Waals surface area contributed by atoms with Crippen LogP contribution in [0.4, 0.5) is 5.69 Å². The van der Waals surface area contributed by atoms with E-state index in [9.17, 15) is 9.59 Å². The first-order chi connectivity index (χ1) is 15.1. The van der Waals surface area contributed by atoms with Crippen LogP contribution in [0, 0.1) is 11.3 Å². The molecule has 0 aromatic heterocycles. The Balaban J connectivity index is 1.80. The molecule has 0 bridgehead atoms. The highest BCUT2D eigenvalue weighted by Gasteiger charge is 2.43. The largest absolute Gasteiger partial charge is 0.496 e. The van der Waals surface area contributed by atoms with E-state index in [1.54, 1.807) is 37.4 Å². The second-order valence-corrected chi connectivity index (χ2v) is 7.45. The predicted octanol–water partition coefficient (Wildman–Crippen LogP) is 2.49. The molecule has 0 radical (unpaired) electrons. The van der Waals surface area contributed by atoms with Gasteiger partial charge in [-0.15, -0.1) is 0 Å². The molecule has 1 saturated heterocycles. The Labute approximate surface area is 181 Å². The summed E-state index contributed by atoms with van der Waals surface area (Å²) in [5.41, 5.74) is 2.29. The zero-order valence-electron chi connectivity index (χ0n) is 17.7. The Hall–Kier alpha value is -3.63. The van der Waals surface area contributed by atoms with Crippen LogP contribution in [0.1, 0.15) is 18.1 Å². The molecule has 31 heavy (non-hydrogen) atoms. The average Bonchev–Trinajstić information content (AvgIpc) is 3.08. The van der Waals surface area contributed by atoms with Gasteiger partial charge in [0.05, 0.1) is 30.0 Å². The molecule has 2 heterocycles. The first-order valence-corrected chi connectivity index (χ1v) is 10.3. The Morgan fingerprint density at radius 1 is 0.968 bits per heavy atom. The predicted molar refractivity (Wildman–Crippen MR) is 117 cm³/mol. The SMILES string of the molecule is CCN1CCN(C2=C(c3ccccc3OC)C(=O)N(c3ccc(C#N)cc3)C2=O)CC1. The molecule has 2 amide bonds. The maximum Gasteiger partial charge on any atom is 0.282 e. The van der Waals surface area contributed by atoms with Gasteiger partial charge in [-0.3, -0.25) is 9.59 Å². The minimum absolute atomic E-state index is 0.347. The van der Waals surface area contributed by atoms with Gasteiger partial charge in [-0.1, -0.05) is 25.1 Å². The Kier molecular flexibility index (Phi) is 5.74. The van der Waals surface area contributed by atoms with Gasteiger partial charge in [-0.25, -0.2) is 4.90 Å². The fourth-order valence-electron chi connectivity index (χ4n) is 4.11. The van der Waals surface area contributed by atoms with Crippen molar-refractivity contribution in [3.8, 4) is 11.8 Å². The van der Waals surface area contributed by atoms with Crippen molar-refractivity contribution in [1.82, 2.24) is 9.80 Å². The number of benzene rings is 2. The van der Waals surface area contributed by atoms with Crippen LogP contribution in [0.15, 0.2) is 54.2 Å². The minimum atomic E-state index is -0.382. The molecule has 2 aromatic carbocycles. The van der Waals surface area contributed by atoms with Gasteiger partial charge in [-0.05, 0) is 36.9 Å². The number of carbonyl (C=O) groups excluding carboxylic acids is 2. The molecule has 158 valence electrons. The second-order valence-electron chi connectivity index (χ2n) is 7.45. The summed E-state index contributed by atoms with van der Waals surface area (Å²) in [5, 5.41) is 9.07. The summed E-state index contributed by atoms with van der Waals surface area (Å²) >= 11 is 0. The number of ether oxygens (including phenoxy) is 1. The van der Waals surface area contributed by atoms with E-state index in [4.69, 9.17) is 10.00 Å². The van der Waals surface area contributed by atoms with Gasteiger partial charge in [0, 0.05) is 31.7 Å². The van der Waals surface area contributed by atoms with Gasteiger partial charge in [0.2, 0.25) is 0 Å². The summed E-state index contributed by atoms with van der Waals surface area (Å²) in [6.45, 7) is 6.07. The Morgan fingerprint density at radius 2 is 1.65 bits per heavy atom. The molecule has 0 N–H and O–H groups in total. The number of hydrogen-bond donors (Lipinski definition) is 0. The standard InChI is InChI=1S/C24H24N4O3/c1-3-26-12-14-27(15-13-26)22-21(19-6-4-5-7-20(19)31-2)23(29)28(24(22)30)18-10-8-17(16-25)9-11-18/h4-11H,3,12-15H2,1-2H3. The van der Waals surface area contributed by atoms with E-state index in [0.29, 0.717) is 46.9 Å². The molecule has 7 heteroatoms. The lowest BCUT2D eigenvalue weighted by Crippen LogP contribution is -2.47. The summed E-state index contributed by atoms with van der Waals surface area (Å²) in [6, 6.07) is 15.8. The van der Waals surface area contributed by atoms with E-state index in [1.165, 1.54) is 4.90 Å². The van der Waals surface area contributed by atoms with Crippen LogP contribution in [0.5, 0.6) is 5.75 Å². The number of methoxy groups -OCH3 is 1. The molecule has 2 aliphatic rings. The van der Waals surface area contributed by atoms with E-state index >= 15 is 0 Å². The lowest BCUT2D eigenvalue weighted by molar-refractivity contribution is -0.120. The van der Waals surface area contributed by atoms with Crippen molar-refractivity contribution < 1.29 is 14.3 Å². The monoisotopic (exact) mass is 416 g/mol. The molecule has 0 atom stereocenters. The molecule has 4 rings (SSSR count). The van der Waals surface area contributed by atoms with E-state index in [1.807, 2.05) is 23.1 Å². The lowest BCUT2D eigenvalue weighted by atomic mass is 10.0. The maximum atomic E-state index is 13.6. The highest BCUT2D eigenvalue weighted by Crippen LogP contribution is 2.38. The van der Waals surface area contributed by atoms with E-state index in [-0.39, 0.29) is 11.8 Å². The molecular weight excluding hydrogens is 392 g/mol. The van der Waals surface area contributed by atoms with Crippen LogP contribution in [0.3, 0.4) is 0 Å². The molecule has 0 unspecified atom stereocenters. The number of imide groups is 1. The van der Waals surface area contributed by atoms with Crippen molar-refractivity contribution in [2.75, 3.05) is 44.7 Å². The number of nitriles is 1. The number of likely N-dealkylation sites (N-methyl/N-ethyl adjacent to an activating group) is 1. The normalized spacial score (nSPS) is 17.3. The van der Waals surface area contributed by atoms with Crippen LogP contribution >= 0.6 is 0 Å². The number of carbonyl (C=O) groups is 2. The zero-order valence-corrected chi connectivity index (χ0v) is 17.7. The summed E-state index contributed by atoms with van der Waals surface area (Å²) in [4.78, 5) is 32.7. The molecule has 0 spiro atoms. The molecule has 7 nitrogen and oxygen atoms in total. The number of piperazine rings is 1. The van der Waals surface area contributed by atoms with Gasteiger partial charge >= 0.3 is 0 Å². The maximum absolute atomic E-state index is 13.6. The van der Waals surface area contributed by atoms with Crippen LogP contribution < -0.4 is 9.64 Å². The van der Waals surface area contributed by atoms with Crippen molar-refractivity contribution in [3.05, 3.63) is 65.4 Å². The average molecular weight is 416 g/mol. The number of amides is 2. The quantitative estimate of drug-likeness (QED) is 0.697. The Morgan fingerprint density at radius 3 is 2.26 bits per heavy atom. The summed E-state index contributed by atoms with van der Waals surface area (Å²) in [5.74, 6) is -0.183. The highest BCUT2D eigenvalue weighted by atomic mass is 16.5. The van der Waals surface area contributed by atoms with Gasteiger partial charge in [-0.2, -0.15) is 5.26 Å². The van der Waals surface area contributed by atoms with Crippen LogP contribution in [0.2, 0.25) is 0 Å². The fraction of sp³-hybridized carbons (Fsp3) is 0.292. The van der Waals surface area contributed by atoms with Crippen molar-refractivity contribution in [2.24, 2.45) is 0 Å². The molecule has 0 saturated carbocycles. The third-order valence-corrected chi connectivity index (χ3v) is 5.83. The number of para-hydroxylation sites is 1. The topological polar surface area (TPSA) is 76.9 Å². The lowest BCUT2D eigenvalue weighted by Gasteiger charge is -2.36. The fourth-order valence-corrected chi connectivity index (χ4v) is 4.11. The number of hydrogen-bond acceptors (Lipinski definition) is 6.